The number of unbranched alkanes of at least 4 members (excludes halogenated alkanes) is 5. The van der Waals surface area contributed by atoms with Crippen LogP contribution in [0.1, 0.15) is 51.1 Å². The van der Waals surface area contributed by atoms with Crippen LogP contribution in [0, 0.1) is 0 Å². The average Bonchev–Trinajstić information content (AvgIpc) is 2.70. The molecule has 1 aromatic heterocycles. The van der Waals surface area contributed by atoms with Gasteiger partial charge in [0.05, 0.1) is 5.69 Å². The van der Waals surface area contributed by atoms with Crippen molar-refractivity contribution in [3.05, 3.63) is 18.0 Å². The number of aryl methyl sites for hydroxylation is 1. The van der Waals surface area contributed by atoms with Gasteiger partial charge in [-0.05, 0) is 12.5 Å². The summed E-state index contributed by atoms with van der Waals surface area (Å²) in [5.74, 6) is 0. The summed E-state index contributed by atoms with van der Waals surface area (Å²) in [4.78, 5) is 0. The Morgan fingerprint density at radius 1 is 1.20 bits per heavy atom. The van der Waals surface area contributed by atoms with Crippen molar-refractivity contribution in [1.82, 2.24) is 9.78 Å². The lowest BCUT2D eigenvalue weighted by molar-refractivity contribution is 0.514. The van der Waals surface area contributed by atoms with Gasteiger partial charge >= 0.3 is 0 Å². The molecule has 1 heterocycles. The highest BCUT2D eigenvalue weighted by Gasteiger charge is 1.99. The number of rotatable bonds is 8. The van der Waals surface area contributed by atoms with Crippen molar-refractivity contribution in [2.24, 2.45) is 5.73 Å². The molecule has 0 aliphatic carbocycles. The molecule has 0 spiro atoms. The van der Waals surface area contributed by atoms with E-state index in [1.807, 2.05) is 16.9 Å². The van der Waals surface area contributed by atoms with Gasteiger partial charge in [0.15, 0.2) is 0 Å². The van der Waals surface area contributed by atoms with E-state index in [4.69, 9.17) is 5.73 Å². The van der Waals surface area contributed by atoms with E-state index < -0.39 is 0 Å². The van der Waals surface area contributed by atoms with Crippen molar-refractivity contribution in [2.45, 2.75) is 58.5 Å². The molecule has 1 aromatic rings. The first-order valence-corrected chi connectivity index (χ1v) is 6.09. The van der Waals surface area contributed by atoms with Crippen LogP contribution in [0.4, 0.5) is 0 Å². The molecule has 86 valence electrons. The van der Waals surface area contributed by atoms with Crippen LogP contribution in [0.5, 0.6) is 0 Å². The lowest BCUT2D eigenvalue weighted by atomic mass is 10.1. The van der Waals surface area contributed by atoms with E-state index in [2.05, 4.69) is 12.0 Å². The third kappa shape index (κ3) is 4.47. The summed E-state index contributed by atoms with van der Waals surface area (Å²) in [5.41, 5.74) is 6.75. The van der Waals surface area contributed by atoms with Crippen molar-refractivity contribution in [1.29, 1.82) is 0 Å². The van der Waals surface area contributed by atoms with Gasteiger partial charge in [-0.3, -0.25) is 4.68 Å². The molecule has 15 heavy (non-hydrogen) atoms. The highest BCUT2D eigenvalue weighted by molar-refractivity contribution is 4.99. The van der Waals surface area contributed by atoms with Gasteiger partial charge in [-0.25, -0.2) is 0 Å². The second-order valence-electron chi connectivity index (χ2n) is 4.02. The molecule has 0 aliphatic heterocycles. The lowest BCUT2D eigenvalue weighted by Crippen LogP contribution is -2.08. The molecule has 0 radical (unpaired) electrons. The Kier molecular flexibility index (Phi) is 6.09. The predicted octanol–water partition coefficient (Wildman–Crippen LogP) is 2.70. The predicted molar refractivity (Wildman–Crippen MR) is 63.5 cm³/mol. The Bertz CT molecular complexity index is 255. The SMILES string of the molecule is CCCCCCCCn1nccc1CN. The zero-order valence-electron chi connectivity index (χ0n) is 9.78. The van der Waals surface area contributed by atoms with E-state index in [-0.39, 0.29) is 0 Å². The average molecular weight is 209 g/mol. The van der Waals surface area contributed by atoms with Gasteiger partial charge in [-0.15, -0.1) is 0 Å². The number of nitrogens with zero attached hydrogens (tertiary/aromatic N) is 2. The van der Waals surface area contributed by atoms with Crippen LogP contribution in [-0.2, 0) is 13.1 Å². The van der Waals surface area contributed by atoms with E-state index >= 15 is 0 Å². The first kappa shape index (κ1) is 12.2. The summed E-state index contributed by atoms with van der Waals surface area (Å²) in [7, 11) is 0. The van der Waals surface area contributed by atoms with Crippen LogP contribution in [0.15, 0.2) is 12.3 Å². The molecule has 0 saturated carbocycles. The summed E-state index contributed by atoms with van der Waals surface area (Å²) < 4.78 is 2.03. The Balaban J connectivity index is 2.09. The molecule has 1 rings (SSSR count). The summed E-state index contributed by atoms with van der Waals surface area (Å²) >= 11 is 0. The van der Waals surface area contributed by atoms with Gasteiger partial charge in [0.2, 0.25) is 0 Å². The van der Waals surface area contributed by atoms with E-state index in [0.29, 0.717) is 6.54 Å². The summed E-state index contributed by atoms with van der Waals surface area (Å²) in [5, 5.41) is 4.26. The zero-order valence-corrected chi connectivity index (χ0v) is 9.78. The minimum atomic E-state index is 0.593. The maximum atomic E-state index is 5.60. The van der Waals surface area contributed by atoms with Crippen molar-refractivity contribution in [2.75, 3.05) is 0 Å². The maximum absolute atomic E-state index is 5.60. The molecule has 3 nitrogen and oxygen atoms in total. The molecule has 0 fully saturated rings. The van der Waals surface area contributed by atoms with Crippen LogP contribution in [0.3, 0.4) is 0 Å². The fraction of sp³-hybridized carbons (Fsp3) is 0.750. The van der Waals surface area contributed by atoms with E-state index in [1.54, 1.807) is 0 Å². The molecule has 0 saturated heterocycles. The topological polar surface area (TPSA) is 43.8 Å². The van der Waals surface area contributed by atoms with E-state index in [1.165, 1.54) is 38.5 Å². The molecule has 0 bridgehead atoms. The van der Waals surface area contributed by atoms with Crippen molar-refractivity contribution < 1.29 is 0 Å². The van der Waals surface area contributed by atoms with Crippen LogP contribution in [0.25, 0.3) is 0 Å². The second-order valence-corrected chi connectivity index (χ2v) is 4.02. The second kappa shape index (κ2) is 7.46. The quantitative estimate of drug-likeness (QED) is 0.669. The molecule has 0 unspecified atom stereocenters. The normalized spacial score (nSPS) is 10.8. The largest absolute Gasteiger partial charge is 0.325 e. The monoisotopic (exact) mass is 209 g/mol. The Labute approximate surface area is 92.7 Å². The molecule has 0 aliphatic rings. The Morgan fingerprint density at radius 2 is 1.93 bits per heavy atom. The summed E-state index contributed by atoms with van der Waals surface area (Å²) in [6, 6.07) is 2.00. The van der Waals surface area contributed by atoms with E-state index in [9.17, 15) is 0 Å². The molecule has 3 heteroatoms. The molecule has 0 aromatic carbocycles. The number of aromatic nitrogens is 2. The molecule has 0 amide bonds. The van der Waals surface area contributed by atoms with Gasteiger partial charge in [-0.2, -0.15) is 5.10 Å². The van der Waals surface area contributed by atoms with Crippen LogP contribution < -0.4 is 5.73 Å². The van der Waals surface area contributed by atoms with Gasteiger partial charge in [-0.1, -0.05) is 39.0 Å². The van der Waals surface area contributed by atoms with E-state index in [0.717, 1.165) is 12.2 Å². The highest BCUT2D eigenvalue weighted by Crippen LogP contribution is 2.07. The van der Waals surface area contributed by atoms with Crippen LogP contribution >= 0.6 is 0 Å². The number of hydrogen-bond donors (Lipinski definition) is 1. The molecule has 2 N–H and O–H groups in total. The molecular formula is C12H23N3. The smallest absolute Gasteiger partial charge is 0.0519 e. The van der Waals surface area contributed by atoms with Gasteiger partial charge in [0, 0.05) is 19.3 Å². The summed E-state index contributed by atoms with van der Waals surface area (Å²) in [6.45, 7) is 3.86. The highest BCUT2D eigenvalue weighted by atomic mass is 15.3. The third-order valence-electron chi connectivity index (χ3n) is 2.74. The fourth-order valence-electron chi connectivity index (χ4n) is 1.78. The minimum Gasteiger partial charge on any atom is -0.325 e. The first-order valence-electron chi connectivity index (χ1n) is 6.09. The molecular weight excluding hydrogens is 186 g/mol. The van der Waals surface area contributed by atoms with Crippen molar-refractivity contribution in [3.63, 3.8) is 0 Å². The minimum absolute atomic E-state index is 0.593. The number of nitrogens with two attached hydrogens (primary N) is 1. The first-order chi connectivity index (χ1) is 7.38. The van der Waals surface area contributed by atoms with Crippen LogP contribution in [-0.4, -0.2) is 9.78 Å². The Hall–Kier alpha value is -0.830. The fourth-order valence-corrected chi connectivity index (χ4v) is 1.78. The zero-order chi connectivity index (χ0) is 10.9. The molecule has 0 atom stereocenters. The lowest BCUT2D eigenvalue weighted by Gasteiger charge is -2.05. The number of hydrogen-bond acceptors (Lipinski definition) is 2. The van der Waals surface area contributed by atoms with Crippen molar-refractivity contribution in [3.8, 4) is 0 Å². The Morgan fingerprint density at radius 3 is 2.67 bits per heavy atom. The maximum Gasteiger partial charge on any atom is 0.0519 e. The summed E-state index contributed by atoms with van der Waals surface area (Å²) in [6.07, 6.45) is 9.78. The van der Waals surface area contributed by atoms with Crippen molar-refractivity contribution >= 4 is 0 Å². The third-order valence-corrected chi connectivity index (χ3v) is 2.74. The van der Waals surface area contributed by atoms with Gasteiger partial charge in [0.1, 0.15) is 0 Å². The van der Waals surface area contributed by atoms with Gasteiger partial charge in [0.25, 0.3) is 0 Å². The van der Waals surface area contributed by atoms with Gasteiger partial charge < -0.3 is 5.73 Å². The standard InChI is InChI=1S/C12H23N3/c1-2-3-4-5-6-7-10-15-12(11-13)8-9-14-15/h8-9H,2-7,10-11,13H2,1H3. The van der Waals surface area contributed by atoms with Crippen LogP contribution in [0.2, 0.25) is 0 Å².